The molecule has 1 aromatic carbocycles. The van der Waals surface area contributed by atoms with Gasteiger partial charge in [-0.1, -0.05) is 53.7 Å². The fourth-order valence-electron chi connectivity index (χ4n) is 2.80. The summed E-state index contributed by atoms with van der Waals surface area (Å²) >= 11 is 0. The summed E-state index contributed by atoms with van der Waals surface area (Å²) in [5.74, 6) is -0.00155. The highest BCUT2D eigenvalue weighted by Crippen LogP contribution is 2.42. The van der Waals surface area contributed by atoms with Crippen LogP contribution in [0.3, 0.4) is 0 Å². The Bertz CT molecular complexity index is 524. The second-order valence-electron chi connectivity index (χ2n) is 7.97. The lowest BCUT2D eigenvalue weighted by Crippen LogP contribution is -2.19. The number of phenolic OH excluding ortho intramolecular Hbond substituents is 1. The van der Waals surface area contributed by atoms with Gasteiger partial charge in [0.15, 0.2) is 0 Å². The molecule has 1 heterocycles. The van der Waals surface area contributed by atoms with Crippen molar-refractivity contribution in [3.05, 3.63) is 28.8 Å². The van der Waals surface area contributed by atoms with Crippen molar-refractivity contribution in [2.75, 3.05) is 6.61 Å². The number of esters is 1. The minimum Gasteiger partial charge on any atom is -0.507 e. The van der Waals surface area contributed by atoms with Gasteiger partial charge < -0.3 is 9.84 Å². The molecule has 1 aromatic rings. The minimum absolute atomic E-state index is 0.152. The predicted octanol–water partition coefficient (Wildman–Crippen LogP) is 4.02. The van der Waals surface area contributed by atoms with Gasteiger partial charge in [-0.2, -0.15) is 0 Å². The van der Waals surface area contributed by atoms with Crippen molar-refractivity contribution < 1.29 is 14.6 Å². The van der Waals surface area contributed by atoms with Gasteiger partial charge in [0.05, 0.1) is 12.5 Å². The first kappa shape index (κ1) is 15.9. The number of phenols is 1. The van der Waals surface area contributed by atoms with Crippen LogP contribution in [0.15, 0.2) is 12.1 Å². The molecular formula is C18H26O3. The van der Waals surface area contributed by atoms with E-state index in [0.29, 0.717) is 12.4 Å². The molecule has 1 unspecified atom stereocenters. The van der Waals surface area contributed by atoms with Crippen molar-refractivity contribution in [1.82, 2.24) is 0 Å². The molecule has 3 nitrogen and oxygen atoms in total. The number of benzene rings is 1. The molecule has 1 N–H and O–H groups in total. The molecule has 1 aliphatic rings. The Hall–Kier alpha value is -1.51. The molecular weight excluding hydrogens is 264 g/mol. The van der Waals surface area contributed by atoms with E-state index in [1.807, 2.05) is 12.1 Å². The molecule has 3 heteroatoms. The number of hydrogen-bond acceptors (Lipinski definition) is 3. The molecule has 1 atom stereocenters. The monoisotopic (exact) mass is 290 g/mol. The van der Waals surface area contributed by atoms with E-state index in [9.17, 15) is 9.90 Å². The molecule has 116 valence electrons. The maximum Gasteiger partial charge on any atom is 0.313 e. The number of carbonyl (C=O) groups excluding carboxylic acids is 1. The minimum atomic E-state index is -0.201. The second kappa shape index (κ2) is 5.04. The van der Waals surface area contributed by atoms with Crippen molar-refractivity contribution in [2.24, 2.45) is 0 Å². The molecule has 1 saturated heterocycles. The predicted molar refractivity (Wildman–Crippen MR) is 83.8 cm³/mol. The highest BCUT2D eigenvalue weighted by Gasteiger charge is 2.33. The Morgan fingerprint density at radius 3 is 1.86 bits per heavy atom. The molecule has 0 saturated carbocycles. The standard InChI is InChI=1S/C18H26O3/c1-17(2,3)13-9-11(12-7-8-21-16(12)20)10-14(15(13)19)18(4,5)6/h9-10,12,19H,7-8H2,1-6H3. The van der Waals surface area contributed by atoms with Crippen molar-refractivity contribution >= 4 is 5.97 Å². The zero-order valence-corrected chi connectivity index (χ0v) is 13.9. The van der Waals surface area contributed by atoms with Crippen molar-refractivity contribution in [3.8, 4) is 5.75 Å². The SMILES string of the molecule is CC(C)(C)c1cc(C2CCOC2=O)cc(C(C)(C)C)c1O. The lowest BCUT2D eigenvalue weighted by atomic mass is 9.77. The molecule has 0 aliphatic carbocycles. The van der Waals surface area contributed by atoms with E-state index in [1.54, 1.807) is 0 Å². The highest BCUT2D eigenvalue weighted by atomic mass is 16.5. The molecule has 0 bridgehead atoms. The van der Waals surface area contributed by atoms with Crippen LogP contribution < -0.4 is 0 Å². The number of cyclic esters (lactones) is 1. The van der Waals surface area contributed by atoms with Gasteiger partial charge in [0.2, 0.25) is 0 Å². The summed E-state index contributed by atoms with van der Waals surface area (Å²) in [5.41, 5.74) is 2.39. The summed E-state index contributed by atoms with van der Waals surface area (Å²) in [4.78, 5) is 11.9. The van der Waals surface area contributed by atoms with E-state index in [4.69, 9.17) is 4.74 Å². The van der Waals surface area contributed by atoms with Crippen LogP contribution in [0, 0.1) is 0 Å². The van der Waals surface area contributed by atoms with Crippen molar-refractivity contribution in [2.45, 2.75) is 64.7 Å². The Morgan fingerprint density at radius 1 is 1.05 bits per heavy atom. The van der Waals surface area contributed by atoms with Gasteiger partial charge in [-0.3, -0.25) is 4.79 Å². The molecule has 2 rings (SSSR count). The summed E-state index contributed by atoms with van der Waals surface area (Å²) in [7, 11) is 0. The third kappa shape index (κ3) is 3.07. The molecule has 0 spiro atoms. The van der Waals surface area contributed by atoms with Crippen LogP contribution in [0.4, 0.5) is 0 Å². The molecule has 0 amide bonds. The first-order valence-electron chi connectivity index (χ1n) is 7.56. The summed E-state index contributed by atoms with van der Waals surface area (Å²) in [6, 6.07) is 3.95. The van der Waals surface area contributed by atoms with E-state index in [2.05, 4.69) is 41.5 Å². The highest BCUT2D eigenvalue weighted by molar-refractivity contribution is 5.80. The summed E-state index contributed by atoms with van der Waals surface area (Å²) in [5, 5.41) is 10.7. The van der Waals surface area contributed by atoms with Crippen LogP contribution in [0.1, 0.15) is 70.6 Å². The van der Waals surface area contributed by atoms with E-state index in [1.165, 1.54) is 0 Å². The molecule has 1 aliphatic heterocycles. The molecule has 21 heavy (non-hydrogen) atoms. The number of carbonyl (C=O) groups is 1. The van der Waals surface area contributed by atoms with Gasteiger partial charge in [-0.25, -0.2) is 0 Å². The normalized spacial score (nSPS) is 19.7. The van der Waals surface area contributed by atoms with Crippen LogP contribution in [0.2, 0.25) is 0 Å². The van der Waals surface area contributed by atoms with Gasteiger partial charge in [0, 0.05) is 0 Å². The van der Waals surface area contributed by atoms with Crippen LogP contribution in [0.25, 0.3) is 0 Å². The van der Waals surface area contributed by atoms with E-state index >= 15 is 0 Å². The lowest BCUT2D eigenvalue weighted by molar-refractivity contribution is -0.139. The maximum atomic E-state index is 11.9. The Labute approximate surface area is 127 Å². The van der Waals surface area contributed by atoms with Gasteiger partial charge >= 0.3 is 5.97 Å². The van der Waals surface area contributed by atoms with Crippen LogP contribution >= 0.6 is 0 Å². The molecule has 0 radical (unpaired) electrons. The molecule has 1 fully saturated rings. The average Bonchev–Trinajstić information content (AvgIpc) is 2.72. The van der Waals surface area contributed by atoms with Crippen molar-refractivity contribution in [3.63, 3.8) is 0 Å². The number of ether oxygens (including phenoxy) is 1. The average molecular weight is 290 g/mol. The summed E-state index contributed by atoms with van der Waals surface area (Å²) in [6.45, 7) is 12.9. The van der Waals surface area contributed by atoms with Gasteiger partial charge in [0.25, 0.3) is 0 Å². The summed E-state index contributed by atoms with van der Waals surface area (Å²) < 4.78 is 5.10. The topological polar surface area (TPSA) is 46.5 Å². The Balaban J connectivity index is 2.65. The van der Waals surface area contributed by atoms with Crippen LogP contribution in [0.5, 0.6) is 5.75 Å². The van der Waals surface area contributed by atoms with Crippen LogP contribution in [-0.2, 0) is 20.4 Å². The smallest absolute Gasteiger partial charge is 0.313 e. The Morgan fingerprint density at radius 2 is 1.52 bits per heavy atom. The third-order valence-electron chi connectivity index (χ3n) is 4.09. The van der Waals surface area contributed by atoms with Crippen LogP contribution in [-0.4, -0.2) is 17.7 Å². The second-order valence-corrected chi connectivity index (χ2v) is 7.97. The van der Waals surface area contributed by atoms with Gasteiger partial charge in [0.1, 0.15) is 5.75 Å². The number of aromatic hydroxyl groups is 1. The van der Waals surface area contributed by atoms with Gasteiger partial charge in [-0.05, 0) is 33.9 Å². The molecule has 0 aromatic heterocycles. The zero-order chi connectivity index (χ0) is 16.0. The first-order chi connectivity index (χ1) is 9.51. The first-order valence-corrected chi connectivity index (χ1v) is 7.56. The summed E-state index contributed by atoms with van der Waals surface area (Å²) in [6.07, 6.45) is 0.719. The quantitative estimate of drug-likeness (QED) is 0.795. The van der Waals surface area contributed by atoms with Gasteiger partial charge in [-0.15, -0.1) is 0 Å². The lowest BCUT2D eigenvalue weighted by Gasteiger charge is -2.28. The number of hydrogen-bond donors (Lipinski definition) is 1. The van der Waals surface area contributed by atoms with E-state index in [0.717, 1.165) is 23.1 Å². The number of rotatable bonds is 1. The largest absolute Gasteiger partial charge is 0.507 e. The zero-order valence-electron chi connectivity index (χ0n) is 13.9. The Kier molecular flexibility index (Phi) is 3.81. The van der Waals surface area contributed by atoms with E-state index < -0.39 is 0 Å². The fourth-order valence-corrected chi connectivity index (χ4v) is 2.80. The maximum absolute atomic E-state index is 11.9. The van der Waals surface area contributed by atoms with Crippen molar-refractivity contribution in [1.29, 1.82) is 0 Å². The van der Waals surface area contributed by atoms with E-state index in [-0.39, 0.29) is 22.7 Å². The third-order valence-corrected chi connectivity index (χ3v) is 4.09. The fraction of sp³-hybridized carbons (Fsp3) is 0.611.